The third kappa shape index (κ3) is 4.87. The van der Waals surface area contributed by atoms with Crippen molar-refractivity contribution in [2.45, 2.75) is 70.4 Å². The van der Waals surface area contributed by atoms with E-state index in [9.17, 15) is 8.78 Å². The summed E-state index contributed by atoms with van der Waals surface area (Å²) in [6.45, 7) is 2.24. The summed E-state index contributed by atoms with van der Waals surface area (Å²) in [5, 5.41) is 0. The molecule has 2 aromatic rings. The molecule has 2 aliphatic carbocycles. The van der Waals surface area contributed by atoms with E-state index in [0.717, 1.165) is 30.4 Å². The van der Waals surface area contributed by atoms with Gasteiger partial charge in [-0.25, -0.2) is 13.2 Å². The van der Waals surface area contributed by atoms with E-state index in [1.54, 1.807) is 30.3 Å². The van der Waals surface area contributed by atoms with Gasteiger partial charge in [0.25, 0.3) is 0 Å². The van der Waals surface area contributed by atoms with Gasteiger partial charge in [-0.05, 0) is 60.8 Å². The van der Waals surface area contributed by atoms with Crippen molar-refractivity contribution in [3.8, 4) is 11.1 Å². The van der Waals surface area contributed by atoms with Crippen LogP contribution in [0.25, 0.3) is 11.1 Å². The van der Waals surface area contributed by atoms with Crippen molar-refractivity contribution in [2.24, 2.45) is 11.8 Å². The van der Waals surface area contributed by atoms with Gasteiger partial charge in [0.15, 0.2) is 17.3 Å². The number of allylic oxidation sites excluding steroid dienone is 4. The Morgan fingerprint density at radius 1 is 0.906 bits per heavy atom. The molecule has 0 aliphatic heterocycles. The van der Waals surface area contributed by atoms with Crippen molar-refractivity contribution in [3.63, 3.8) is 0 Å². The van der Waals surface area contributed by atoms with Gasteiger partial charge in [0.2, 0.25) is 0 Å². The molecule has 1 saturated carbocycles. The molecule has 0 spiro atoms. The summed E-state index contributed by atoms with van der Waals surface area (Å²) in [6.07, 6.45) is 15.8. The fourth-order valence-corrected chi connectivity index (χ4v) is 5.44. The quantitative estimate of drug-likeness (QED) is 0.378. The Labute approximate surface area is 190 Å². The first-order valence-corrected chi connectivity index (χ1v) is 12.1. The van der Waals surface area contributed by atoms with Crippen molar-refractivity contribution in [1.82, 2.24) is 0 Å². The Bertz CT molecular complexity index is 982. The number of hydrogen-bond acceptors (Lipinski definition) is 0. The molecule has 0 nitrogen and oxygen atoms in total. The summed E-state index contributed by atoms with van der Waals surface area (Å²) in [5.41, 5.74) is 0.254. The van der Waals surface area contributed by atoms with Crippen LogP contribution in [0, 0.1) is 23.5 Å². The molecule has 0 aromatic heterocycles. The topological polar surface area (TPSA) is 0 Å². The molecule has 32 heavy (non-hydrogen) atoms. The van der Waals surface area contributed by atoms with Crippen LogP contribution in [0.2, 0.25) is 0 Å². The molecule has 170 valence electrons. The number of alkyl halides is 1. The average molecular weight is 439 g/mol. The first-order valence-electron chi connectivity index (χ1n) is 12.1. The second-order valence-corrected chi connectivity index (χ2v) is 9.47. The van der Waals surface area contributed by atoms with Crippen LogP contribution in [0.15, 0.2) is 66.3 Å². The van der Waals surface area contributed by atoms with E-state index >= 15 is 4.39 Å². The molecule has 0 radical (unpaired) electrons. The number of benzene rings is 2. The van der Waals surface area contributed by atoms with Crippen LogP contribution in [0.4, 0.5) is 13.2 Å². The van der Waals surface area contributed by atoms with Crippen molar-refractivity contribution in [1.29, 1.82) is 0 Å². The summed E-state index contributed by atoms with van der Waals surface area (Å²) in [4.78, 5) is 0. The van der Waals surface area contributed by atoms with Crippen molar-refractivity contribution < 1.29 is 13.2 Å². The minimum absolute atomic E-state index is 0.106. The summed E-state index contributed by atoms with van der Waals surface area (Å²) in [6, 6.07) is 11.0. The molecular formula is C29H33F3. The third-order valence-electron chi connectivity index (χ3n) is 7.27. The lowest BCUT2D eigenvalue weighted by molar-refractivity contribution is 0.228. The molecule has 0 heterocycles. The fourth-order valence-electron chi connectivity index (χ4n) is 5.44. The zero-order chi connectivity index (χ0) is 22.6. The van der Waals surface area contributed by atoms with E-state index in [-0.39, 0.29) is 12.0 Å². The van der Waals surface area contributed by atoms with E-state index in [0.29, 0.717) is 17.0 Å². The zero-order valence-corrected chi connectivity index (χ0v) is 18.9. The molecule has 1 unspecified atom stereocenters. The van der Waals surface area contributed by atoms with Crippen molar-refractivity contribution in [3.05, 3.63) is 83.5 Å². The molecule has 1 fully saturated rings. The Morgan fingerprint density at radius 3 is 2.44 bits per heavy atom. The summed E-state index contributed by atoms with van der Waals surface area (Å²) in [5.74, 6) is -0.666. The van der Waals surface area contributed by atoms with Gasteiger partial charge in [0.1, 0.15) is 0 Å². The molecule has 0 saturated heterocycles. The van der Waals surface area contributed by atoms with E-state index in [2.05, 4.69) is 13.0 Å². The first kappa shape index (κ1) is 22.9. The highest BCUT2D eigenvalue weighted by Crippen LogP contribution is 2.45. The molecule has 0 bridgehead atoms. The third-order valence-corrected chi connectivity index (χ3v) is 7.27. The van der Waals surface area contributed by atoms with Crippen molar-refractivity contribution in [2.75, 3.05) is 0 Å². The zero-order valence-electron chi connectivity index (χ0n) is 18.9. The van der Waals surface area contributed by atoms with Crippen LogP contribution in [0.3, 0.4) is 0 Å². The highest BCUT2D eigenvalue weighted by Gasteiger charge is 2.35. The fraction of sp³-hybridized carbons (Fsp3) is 0.448. The smallest absolute Gasteiger partial charge is 0.166 e. The Morgan fingerprint density at radius 2 is 1.66 bits per heavy atom. The van der Waals surface area contributed by atoms with Crippen molar-refractivity contribution >= 4 is 0 Å². The highest BCUT2D eigenvalue weighted by molar-refractivity contribution is 5.70. The van der Waals surface area contributed by atoms with E-state index in [1.165, 1.54) is 50.7 Å². The van der Waals surface area contributed by atoms with Crippen LogP contribution in [0.1, 0.15) is 70.3 Å². The molecule has 2 aliphatic rings. The SMILES string of the molecule is CCCCC[C@H]1CC[C@H](C2=CC(F)(c3ccccc3-c3cccc(F)c3F)CC=C2)CC1. The largest absolute Gasteiger partial charge is 0.234 e. The second kappa shape index (κ2) is 10.1. The lowest BCUT2D eigenvalue weighted by Gasteiger charge is -2.33. The molecule has 3 heteroatoms. The van der Waals surface area contributed by atoms with Crippen LogP contribution in [-0.2, 0) is 5.67 Å². The van der Waals surface area contributed by atoms with E-state index < -0.39 is 17.3 Å². The first-order chi connectivity index (χ1) is 15.5. The summed E-state index contributed by atoms with van der Waals surface area (Å²) < 4.78 is 44.9. The van der Waals surface area contributed by atoms with Gasteiger partial charge in [-0.1, -0.05) is 81.2 Å². The average Bonchev–Trinajstić information content (AvgIpc) is 2.82. The molecule has 0 N–H and O–H groups in total. The summed E-state index contributed by atoms with van der Waals surface area (Å²) >= 11 is 0. The summed E-state index contributed by atoms with van der Waals surface area (Å²) in [7, 11) is 0. The number of unbranched alkanes of at least 4 members (excludes halogenated alkanes) is 2. The predicted molar refractivity (Wildman–Crippen MR) is 126 cm³/mol. The minimum atomic E-state index is -1.72. The Kier molecular flexibility index (Phi) is 7.23. The lowest BCUT2D eigenvalue weighted by atomic mass is 9.73. The molecular weight excluding hydrogens is 405 g/mol. The Balaban J connectivity index is 1.57. The van der Waals surface area contributed by atoms with Gasteiger partial charge in [-0.2, -0.15) is 0 Å². The maximum atomic E-state index is 16.4. The number of halogens is 3. The maximum absolute atomic E-state index is 16.4. The van der Waals surface area contributed by atoms with Crippen LogP contribution in [-0.4, -0.2) is 0 Å². The minimum Gasteiger partial charge on any atom is -0.234 e. The molecule has 1 atom stereocenters. The van der Waals surface area contributed by atoms with Gasteiger partial charge >= 0.3 is 0 Å². The van der Waals surface area contributed by atoms with Gasteiger partial charge < -0.3 is 0 Å². The lowest BCUT2D eigenvalue weighted by Crippen LogP contribution is -2.23. The number of rotatable bonds is 7. The second-order valence-electron chi connectivity index (χ2n) is 9.47. The van der Waals surface area contributed by atoms with E-state index in [4.69, 9.17) is 0 Å². The monoisotopic (exact) mass is 438 g/mol. The van der Waals surface area contributed by atoms with E-state index in [1.807, 2.05) is 6.08 Å². The highest BCUT2D eigenvalue weighted by atomic mass is 19.2. The molecule has 2 aromatic carbocycles. The van der Waals surface area contributed by atoms with Crippen LogP contribution >= 0.6 is 0 Å². The number of hydrogen-bond donors (Lipinski definition) is 0. The van der Waals surface area contributed by atoms with Crippen LogP contribution < -0.4 is 0 Å². The predicted octanol–water partition coefficient (Wildman–Crippen LogP) is 9.07. The standard InChI is InChI=1S/C29H33F3/c1-2-3-4-9-21-15-17-22(18-16-21)23-10-8-19-29(32,20-23)26-13-6-5-11-24(26)25-12-7-14-27(30)28(25)31/h5-8,10-14,20-22H,2-4,9,15-19H2,1H3/t21-,22-,29?. The molecule has 0 amide bonds. The molecule has 4 rings (SSSR count). The van der Waals surface area contributed by atoms with Gasteiger partial charge in [0.05, 0.1) is 0 Å². The van der Waals surface area contributed by atoms with Gasteiger partial charge in [-0.3, -0.25) is 0 Å². The normalized spacial score (nSPS) is 25.6. The van der Waals surface area contributed by atoms with Crippen LogP contribution in [0.5, 0.6) is 0 Å². The van der Waals surface area contributed by atoms with Gasteiger partial charge in [-0.15, -0.1) is 0 Å². The maximum Gasteiger partial charge on any atom is 0.166 e. The Hall–Kier alpha value is -2.29. The van der Waals surface area contributed by atoms with Gasteiger partial charge in [0, 0.05) is 17.5 Å².